The van der Waals surface area contributed by atoms with Crippen LogP contribution in [0.5, 0.6) is 11.5 Å². The average molecular weight is 520 g/mol. The average Bonchev–Trinajstić information content (AvgIpc) is 3.12. The predicted octanol–water partition coefficient (Wildman–Crippen LogP) is 3.09. The molecule has 2 amide bonds. The molecule has 38 heavy (non-hydrogen) atoms. The van der Waals surface area contributed by atoms with E-state index in [0.29, 0.717) is 28.9 Å². The van der Waals surface area contributed by atoms with E-state index in [1.165, 1.54) is 6.08 Å². The molecule has 4 atom stereocenters. The highest BCUT2D eigenvalue weighted by molar-refractivity contribution is 6.24. The number of para-hydroxylation sites is 1. The van der Waals surface area contributed by atoms with Gasteiger partial charge in [-0.15, -0.1) is 0 Å². The SMILES string of the molecule is CCOc1cccc(C2C3=CCC4C(=O)N(CCCC(=O)O)C(=O)C4C3CC3=C2C(=O)C(C)=CC3=O)c1O. The van der Waals surface area contributed by atoms with E-state index >= 15 is 0 Å². The first-order chi connectivity index (χ1) is 18.1. The Hall–Kier alpha value is -4.01. The number of likely N-dealkylation sites (tertiary alicyclic amines) is 1. The molecular formula is C29H29NO8. The number of benzene rings is 1. The standard InChI is InChI=1S/C29H29NO8/c1-3-38-21-7-4-6-16(27(21)35)23-15-9-10-17-24(29(37)30(28(17)36)11-5-8-22(32)33)18(15)13-19-20(31)12-14(2)26(34)25(19)23/h4,6-7,9,12,17-18,23-24,35H,3,5,8,10-11,13H2,1-2H3,(H,32,33). The van der Waals surface area contributed by atoms with Crippen LogP contribution in [0.1, 0.15) is 51.0 Å². The molecule has 4 aliphatic rings. The van der Waals surface area contributed by atoms with Gasteiger partial charge in [-0.25, -0.2) is 0 Å². The lowest BCUT2D eigenvalue weighted by molar-refractivity contribution is -0.142. The first kappa shape index (κ1) is 25.6. The van der Waals surface area contributed by atoms with Crippen molar-refractivity contribution in [1.82, 2.24) is 4.90 Å². The highest BCUT2D eigenvalue weighted by Gasteiger charge is 2.56. The number of hydrogen-bond donors (Lipinski definition) is 2. The fraction of sp³-hybridized carbons (Fsp3) is 0.414. The van der Waals surface area contributed by atoms with Gasteiger partial charge in [-0.05, 0) is 51.2 Å². The number of rotatable bonds is 7. The fourth-order valence-corrected chi connectivity index (χ4v) is 6.43. The minimum atomic E-state index is -1.00. The molecule has 1 aliphatic heterocycles. The van der Waals surface area contributed by atoms with Crippen LogP contribution in [0, 0.1) is 17.8 Å². The smallest absolute Gasteiger partial charge is 0.303 e. The number of nitrogens with zero attached hydrogens (tertiary/aromatic N) is 1. The van der Waals surface area contributed by atoms with Crippen molar-refractivity contribution in [3.8, 4) is 11.5 Å². The van der Waals surface area contributed by atoms with Crippen LogP contribution in [0.15, 0.2) is 52.6 Å². The van der Waals surface area contributed by atoms with E-state index in [9.17, 15) is 29.1 Å². The molecule has 5 rings (SSSR count). The predicted molar refractivity (Wildman–Crippen MR) is 134 cm³/mol. The van der Waals surface area contributed by atoms with Gasteiger partial charge < -0.3 is 14.9 Å². The van der Waals surface area contributed by atoms with Gasteiger partial charge in [0.15, 0.2) is 23.1 Å². The van der Waals surface area contributed by atoms with Gasteiger partial charge in [0, 0.05) is 41.2 Å². The monoisotopic (exact) mass is 519 g/mol. The van der Waals surface area contributed by atoms with Crippen molar-refractivity contribution < 1.29 is 38.9 Å². The molecule has 0 saturated carbocycles. The number of aliphatic carboxylic acids is 1. The maximum absolute atomic E-state index is 13.6. The summed E-state index contributed by atoms with van der Waals surface area (Å²) in [6, 6.07) is 5.02. The zero-order chi connectivity index (χ0) is 27.3. The van der Waals surface area contributed by atoms with E-state index in [1.54, 1.807) is 32.0 Å². The van der Waals surface area contributed by atoms with Gasteiger partial charge in [0.1, 0.15) is 0 Å². The normalized spacial score (nSPS) is 26.5. The fourth-order valence-electron chi connectivity index (χ4n) is 6.43. The van der Waals surface area contributed by atoms with Crippen LogP contribution in [-0.2, 0) is 24.0 Å². The number of allylic oxidation sites excluding steroid dienone is 6. The number of aromatic hydroxyl groups is 1. The van der Waals surface area contributed by atoms with Gasteiger partial charge in [-0.3, -0.25) is 28.9 Å². The minimum Gasteiger partial charge on any atom is -0.504 e. The van der Waals surface area contributed by atoms with E-state index in [-0.39, 0.29) is 67.1 Å². The van der Waals surface area contributed by atoms with Crippen molar-refractivity contribution in [2.24, 2.45) is 17.8 Å². The molecule has 0 spiro atoms. The van der Waals surface area contributed by atoms with Crippen LogP contribution in [0.4, 0.5) is 0 Å². The van der Waals surface area contributed by atoms with Crippen molar-refractivity contribution in [2.75, 3.05) is 13.2 Å². The Morgan fingerprint density at radius 3 is 2.61 bits per heavy atom. The molecule has 0 bridgehead atoms. The number of ketones is 2. The summed E-state index contributed by atoms with van der Waals surface area (Å²) in [6.45, 7) is 3.71. The Labute approximate surface area is 219 Å². The summed E-state index contributed by atoms with van der Waals surface area (Å²) < 4.78 is 5.58. The number of carboxylic acid groups (broad SMARTS) is 1. The number of imide groups is 1. The van der Waals surface area contributed by atoms with Crippen LogP contribution < -0.4 is 4.74 Å². The summed E-state index contributed by atoms with van der Waals surface area (Å²) in [7, 11) is 0. The molecule has 198 valence electrons. The Morgan fingerprint density at radius 2 is 1.89 bits per heavy atom. The number of phenols is 1. The van der Waals surface area contributed by atoms with Crippen LogP contribution in [0.2, 0.25) is 0 Å². The minimum absolute atomic E-state index is 0.0208. The second kappa shape index (κ2) is 9.70. The van der Waals surface area contributed by atoms with E-state index < -0.39 is 29.6 Å². The molecule has 1 heterocycles. The largest absolute Gasteiger partial charge is 0.504 e. The second-order valence-electron chi connectivity index (χ2n) is 10.2. The zero-order valence-corrected chi connectivity index (χ0v) is 21.2. The summed E-state index contributed by atoms with van der Waals surface area (Å²) in [6.07, 6.45) is 3.60. The Morgan fingerprint density at radius 1 is 1.13 bits per heavy atom. The Bertz CT molecular complexity index is 1370. The first-order valence-electron chi connectivity index (χ1n) is 12.9. The number of hydrogen-bond acceptors (Lipinski definition) is 7. The lowest BCUT2D eigenvalue weighted by atomic mass is 9.59. The highest BCUT2D eigenvalue weighted by atomic mass is 16.5. The quantitative estimate of drug-likeness (QED) is 0.318. The van der Waals surface area contributed by atoms with Gasteiger partial charge in [0.05, 0.1) is 18.4 Å². The molecule has 3 aliphatic carbocycles. The highest BCUT2D eigenvalue weighted by Crippen LogP contribution is 2.56. The van der Waals surface area contributed by atoms with Gasteiger partial charge in [0.2, 0.25) is 11.8 Å². The van der Waals surface area contributed by atoms with Crippen molar-refractivity contribution in [2.45, 2.75) is 45.4 Å². The van der Waals surface area contributed by atoms with Crippen molar-refractivity contribution in [3.63, 3.8) is 0 Å². The van der Waals surface area contributed by atoms with E-state index in [0.717, 1.165) is 10.5 Å². The summed E-state index contributed by atoms with van der Waals surface area (Å²) in [4.78, 5) is 65.5. The molecule has 1 aromatic rings. The molecule has 0 radical (unpaired) electrons. The molecule has 2 N–H and O–H groups in total. The number of ether oxygens (including phenoxy) is 1. The number of fused-ring (bicyclic) bond motifs is 3. The van der Waals surface area contributed by atoms with Crippen LogP contribution >= 0.6 is 0 Å². The maximum atomic E-state index is 13.6. The van der Waals surface area contributed by atoms with E-state index in [2.05, 4.69) is 0 Å². The molecule has 0 aromatic heterocycles. The number of Topliss-reactive ketones (excluding diaryl/α,β-unsaturated/α-hetero) is 1. The first-order valence-corrected chi connectivity index (χ1v) is 12.9. The molecule has 4 unspecified atom stereocenters. The van der Waals surface area contributed by atoms with E-state index in [1.807, 2.05) is 6.08 Å². The maximum Gasteiger partial charge on any atom is 0.303 e. The van der Waals surface area contributed by atoms with Gasteiger partial charge in [-0.1, -0.05) is 23.8 Å². The second-order valence-corrected chi connectivity index (χ2v) is 10.2. The lowest BCUT2D eigenvalue weighted by Gasteiger charge is -2.42. The number of carboxylic acids is 1. The molecule has 1 saturated heterocycles. The number of carbonyl (C=O) groups excluding carboxylic acids is 4. The van der Waals surface area contributed by atoms with Gasteiger partial charge >= 0.3 is 5.97 Å². The third-order valence-electron chi connectivity index (χ3n) is 8.07. The molecule has 9 heteroatoms. The third-order valence-corrected chi connectivity index (χ3v) is 8.07. The summed E-state index contributed by atoms with van der Waals surface area (Å²) in [5, 5.41) is 20.1. The van der Waals surface area contributed by atoms with Crippen LogP contribution in [0.3, 0.4) is 0 Å². The molecule has 1 fully saturated rings. The number of amides is 2. The van der Waals surface area contributed by atoms with E-state index in [4.69, 9.17) is 9.84 Å². The van der Waals surface area contributed by atoms with Gasteiger partial charge in [-0.2, -0.15) is 0 Å². The van der Waals surface area contributed by atoms with Gasteiger partial charge in [0.25, 0.3) is 0 Å². The zero-order valence-electron chi connectivity index (χ0n) is 21.2. The van der Waals surface area contributed by atoms with Crippen LogP contribution in [0.25, 0.3) is 0 Å². The van der Waals surface area contributed by atoms with Crippen molar-refractivity contribution >= 4 is 29.4 Å². The Kier molecular flexibility index (Phi) is 6.54. The molecular weight excluding hydrogens is 490 g/mol. The van der Waals surface area contributed by atoms with Crippen molar-refractivity contribution in [1.29, 1.82) is 0 Å². The Balaban J connectivity index is 1.60. The summed E-state index contributed by atoms with van der Waals surface area (Å²) in [5.41, 5.74) is 2.06. The number of phenolic OH excluding ortho intramolecular Hbond substituents is 1. The van der Waals surface area contributed by atoms with Crippen LogP contribution in [-0.4, -0.2) is 57.6 Å². The topological polar surface area (TPSA) is 138 Å². The molecule has 1 aromatic carbocycles. The summed E-state index contributed by atoms with van der Waals surface area (Å²) >= 11 is 0. The van der Waals surface area contributed by atoms with Crippen molar-refractivity contribution in [3.05, 3.63) is 58.2 Å². The lowest BCUT2D eigenvalue weighted by Crippen LogP contribution is -2.40. The molecule has 9 nitrogen and oxygen atoms in total. The summed E-state index contributed by atoms with van der Waals surface area (Å²) in [5.74, 6) is -4.81. The third kappa shape index (κ3) is 3.97. The number of carbonyl (C=O) groups is 5.